The third-order valence-electron chi connectivity index (χ3n) is 5.26. The van der Waals surface area contributed by atoms with Crippen molar-refractivity contribution in [2.45, 2.75) is 32.9 Å². The second kappa shape index (κ2) is 7.17. The van der Waals surface area contributed by atoms with Crippen molar-refractivity contribution >= 4 is 17.4 Å². The third-order valence-corrected chi connectivity index (χ3v) is 6.14. The van der Waals surface area contributed by atoms with Gasteiger partial charge in [0.15, 0.2) is 11.6 Å². The fraction of sp³-hybridized carbons (Fsp3) is 0.238. The molecule has 0 unspecified atom stereocenters. The molecule has 1 aromatic carbocycles. The van der Waals surface area contributed by atoms with Gasteiger partial charge < -0.3 is 10.5 Å². The van der Waals surface area contributed by atoms with Crippen LogP contribution in [0, 0.1) is 5.82 Å². The molecule has 0 fully saturated rings. The number of fused-ring (bicyclic) bond motifs is 7. The molecule has 4 heterocycles. The normalized spacial score (nSPS) is 15.2. The Balaban J connectivity index is 1.79. The van der Waals surface area contributed by atoms with E-state index in [0.717, 1.165) is 38.5 Å². The second-order valence-electron chi connectivity index (χ2n) is 7.16. The maximum absolute atomic E-state index is 14.1. The first-order valence-corrected chi connectivity index (χ1v) is 10.4. The van der Waals surface area contributed by atoms with Crippen LogP contribution in [0.3, 0.4) is 0 Å². The molecule has 0 spiro atoms. The van der Waals surface area contributed by atoms with Crippen LogP contribution in [0.2, 0.25) is 0 Å². The first-order valence-electron chi connectivity index (χ1n) is 9.63. The van der Waals surface area contributed by atoms with Crippen LogP contribution in [0.15, 0.2) is 36.7 Å². The maximum atomic E-state index is 14.1. The van der Waals surface area contributed by atoms with Gasteiger partial charge in [-0.25, -0.2) is 18.4 Å². The van der Waals surface area contributed by atoms with Gasteiger partial charge in [0.2, 0.25) is 0 Å². The molecule has 1 atom stereocenters. The number of benzene rings is 1. The standard InChI is InChI=1S/C21H19FN6OS/c1-3-28-19-12-7-18(21(23)24-9-12)29-11(2)16-8-14(22)4-5-15(16)20-13(10-25-30-20)6-17(19)26-27-28/h4-5,7-11H,3,6H2,1-2H3,(H2,23,24)/t11-/m1/s1. The SMILES string of the molecule is CCn1nnc2c1-c1cnc(N)c(c1)O[C@H](C)c1cc(F)ccc1-c1sncc1C2. The molecule has 2 N–H and O–H groups in total. The van der Waals surface area contributed by atoms with Crippen molar-refractivity contribution in [2.75, 3.05) is 5.73 Å². The summed E-state index contributed by atoms with van der Waals surface area (Å²) < 4.78 is 26.6. The fourth-order valence-electron chi connectivity index (χ4n) is 3.80. The molecule has 0 aliphatic carbocycles. The first kappa shape index (κ1) is 18.7. The lowest BCUT2D eigenvalue weighted by molar-refractivity contribution is 0.228. The van der Waals surface area contributed by atoms with Crippen LogP contribution in [0.1, 0.15) is 36.8 Å². The molecule has 0 radical (unpaired) electrons. The Hall–Kier alpha value is -3.33. The highest BCUT2D eigenvalue weighted by atomic mass is 32.1. The lowest BCUT2D eigenvalue weighted by atomic mass is 9.97. The van der Waals surface area contributed by atoms with Crippen LogP contribution in [0.5, 0.6) is 5.75 Å². The summed E-state index contributed by atoms with van der Waals surface area (Å²) in [6, 6.07) is 6.58. The number of nitrogen functional groups attached to an aromatic ring is 1. The summed E-state index contributed by atoms with van der Waals surface area (Å²) >= 11 is 1.38. The van der Waals surface area contributed by atoms with Gasteiger partial charge in [0.1, 0.15) is 11.9 Å². The predicted molar refractivity (Wildman–Crippen MR) is 113 cm³/mol. The van der Waals surface area contributed by atoms with Gasteiger partial charge >= 0.3 is 0 Å². The number of aromatic nitrogens is 5. The van der Waals surface area contributed by atoms with E-state index in [1.54, 1.807) is 12.3 Å². The van der Waals surface area contributed by atoms with Crippen molar-refractivity contribution in [2.24, 2.45) is 0 Å². The van der Waals surface area contributed by atoms with E-state index in [1.807, 2.05) is 30.8 Å². The van der Waals surface area contributed by atoms with Crippen LogP contribution in [-0.2, 0) is 13.0 Å². The van der Waals surface area contributed by atoms with Gasteiger partial charge in [-0.1, -0.05) is 11.3 Å². The number of pyridine rings is 1. The Morgan fingerprint density at radius 1 is 1.30 bits per heavy atom. The lowest BCUT2D eigenvalue weighted by Crippen LogP contribution is -2.09. The average Bonchev–Trinajstić information content (AvgIpc) is 3.36. The molecule has 1 aliphatic rings. The van der Waals surface area contributed by atoms with Crippen molar-refractivity contribution in [3.63, 3.8) is 0 Å². The van der Waals surface area contributed by atoms with E-state index in [1.165, 1.54) is 23.7 Å². The van der Waals surface area contributed by atoms with Gasteiger partial charge in [0.25, 0.3) is 0 Å². The maximum Gasteiger partial charge on any atom is 0.166 e. The van der Waals surface area contributed by atoms with E-state index in [9.17, 15) is 4.39 Å². The number of rotatable bonds is 1. The van der Waals surface area contributed by atoms with Crippen molar-refractivity contribution in [1.82, 2.24) is 24.4 Å². The number of ether oxygens (including phenoxy) is 1. The van der Waals surface area contributed by atoms with Crippen molar-refractivity contribution in [3.05, 3.63) is 59.3 Å². The Bertz CT molecular complexity index is 1250. The Morgan fingerprint density at radius 2 is 2.17 bits per heavy atom. The zero-order valence-corrected chi connectivity index (χ0v) is 17.3. The number of halogens is 1. The number of aryl methyl sites for hydroxylation is 1. The van der Waals surface area contributed by atoms with Gasteiger partial charge in [-0.3, -0.25) is 0 Å². The largest absolute Gasteiger partial charge is 0.482 e. The van der Waals surface area contributed by atoms with Crippen molar-refractivity contribution in [3.8, 4) is 27.4 Å². The molecule has 7 nitrogen and oxygen atoms in total. The molecular weight excluding hydrogens is 403 g/mol. The summed E-state index contributed by atoms with van der Waals surface area (Å²) in [6.07, 6.45) is 3.64. The lowest BCUT2D eigenvalue weighted by Gasteiger charge is -2.20. The summed E-state index contributed by atoms with van der Waals surface area (Å²) in [5.41, 5.74) is 11.2. The number of nitrogens with two attached hydrogens (primary N) is 1. The minimum atomic E-state index is -0.446. The van der Waals surface area contributed by atoms with E-state index < -0.39 is 6.10 Å². The van der Waals surface area contributed by atoms with Crippen molar-refractivity contribution in [1.29, 1.82) is 0 Å². The van der Waals surface area contributed by atoms with E-state index in [2.05, 4.69) is 19.7 Å². The quantitative estimate of drug-likeness (QED) is 0.493. The third kappa shape index (κ3) is 3.02. The molecule has 30 heavy (non-hydrogen) atoms. The summed E-state index contributed by atoms with van der Waals surface area (Å²) in [5, 5.41) is 8.74. The van der Waals surface area contributed by atoms with Crippen LogP contribution < -0.4 is 10.5 Å². The van der Waals surface area contributed by atoms with E-state index in [0.29, 0.717) is 18.7 Å². The minimum Gasteiger partial charge on any atom is -0.482 e. The Kier molecular flexibility index (Phi) is 4.47. The molecule has 0 saturated heterocycles. The minimum absolute atomic E-state index is 0.274. The molecular formula is C21H19FN6OS. The molecule has 1 aliphatic heterocycles. The van der Waals surface area contributed by atoms with Gasteiger partial charge in [-0.2, -0.15) is 0 Å². The van der Waals surface area contributed by atoms with Gasteiger partial charge in [0.05, 0.1) is 16.3 Å². The van der Waals surface area contributed by atoms with Crippen LogP contribution in [0.4, 0.5) is 10.2 Å². The van der Waals surface area contributed by atoms with Crippen LogP contribution in [-0.4, -0.2) is 24.4 Å². The number of hydrogen-bond donors (Lipinski definition) is 1. The van der Waals surface area contributed by atoms with Gasteiger partial charge in [0, 0.05) is 42.0 Å². The highest BCUT2D eigenvalue weighted by molar-refractivity contribution is 7.09. The molecule has 3 aromatic heterocycles. The molecule has 152 valence electrons. The Morgan fingerprint density at radius 3 is 3.00 bits per heavy atom. The second-order valence-corrected chi connectivity index (χ2v) is 7.96. The topological polar surface area (TPSA) is 91.7 Å². The number of anilines is 1. The van der Waals surface area contributed by atoms with E-state index in [-0.39, 0.29) is 11.6 Å². The monoisotopic (exact) mass is 422 g/mol. The highest BCUT2D eigenvalue weighted by Gasteiger charge is 2.24. The number of hydrogen-bond acceptors (Lipinski definition) is 7. The van der Waals surface area contributed by atoms with Crippen LogP contribution >= 0.6 is 11.5 Å². The smallest absolute Gasteiger partial charge is 0.166 e. The molecule has 4 aromatic rings. The summed E-state index contributed by atoms with van der Waals surface area (Å²) in [7, 11) is 0. The average molecular weight is 422 g/mol. The first-order chi connectivity index (χ1) is 14.5. The summed E-state index contributed by atoms with van der Waals surface area (Å²) in [5.74, 6) is 0.390. The molecule has 2 bridgehead atoms. The van der Waals surface area contributed by atoms with E-state index in [4.69, 9.17) is 10.5 Å². The van der Waals surface area contributed by atoms with Gasteiger partial charge in [-0.05, 0) is 49.1 Å². The fourth-order valence-corrected chi connectivity index (χ4v) is 4.61. The highest BCUT2D eigenvalue weighted by Crippen LogP contribution is 2.39. The summed E-state index contributed by atoms with van der Waals surface area (Å²) in [6.45, 7) is 4.55. The Labute approximate surface area is 176 Å². The number of nitrogens with zero attached hydrogens (tertiary/aromatic N) is 5. The van der Waals surface area contributed by atoms with Crippen molar-refractivity contribution < 1.29 is 9.13 Å². The predicted octanol–water partition coefficient (Wildman–Crippen LogP) is 4.25. The molecule has 9 heteroatoms. The molecule has 0 amide bonds. The molecule has 0 saturated carbocycles. The molecule has 5 rings (SSSR count). The van der Waals surface area contributed by atoms with Crippen LogP contribution in [0.25, 0.3) is 21.7 Å². The summed E-state index contributed by atoms with van der Waals surface area (Å²) in [4.78, 5) is 5.29. The van der Waals surface area contributed by atoms with Gasteiger partial charge in [-0.15, -0.1) is 5.10 Å². The zero-order chi connectivity index (χ0) is 20.8. The van der Waals surface area contributed by atoms with E-state index >= 15 is 0 Å². The zero-order valence-electron chi connectivity index (χ0n) is 16.5.